The number of benzene rings is 1. The molecule has 0 radical (unpaired) electrons. The third-order valence-electron chi connectivity index (χ3n) is 3.89. The maximum atomic E-state index is 13.8. The highest BCUT2D eigenvalue weighted by Crippen LogP contribution is 2.37. The molecule has 94 valence electrons. The summed E-state index contributed by atoms with van der Waals surface area (Å²) in [4.78, 5) is 0. The van der Waals surface area contributed by atoms with Crippen LogP contribution in [0.4, 0.5) is 8.78 Å². The maximum absolute atomic E-state index is 13.8. The van der Waals surface area contributed by atoms with Crippen LogP contribution in [0.25, 0.3) is 0 Å². The molecule has 0 saturated heterocycles. The minimum atomic E-state index is -0.801. The summed E-state index contributed by atoms with van der Waals surface area (Å²) in [6, 6.07) is 4.30. The summed E-state index contributed by atoms with van der Waals surface area (Å²) in [6.07, 6.45) is 4.54. The van der Waals surface area contributed by atoms with E-state index in [1.807, 2.05) is 0 Å². The molecule has 0 bridgehead atoms. The molecule has 1 aliphatic rings. The van der Waals surface area contributed by atoms with Crippen LogP contribution in [0.15, 0.2) is 18.2 Å². The minimum absolute atomic E-state index is 0.339. The Morgan fingerprint density at radius 2 is 2.00 bits per heavy atom. The minimum Gasteiger partial charge on any atom is -0.321 e. The molecule has 1 fully saturated rings. The van der Waals surface area contributed by atoms with Crippen molar-refractivity contribution in [3.63, 3.8) is 0 Å². The van der Waals surface area contributed by atoms with Crippen LogP contribution >= 0.6 is 0 Å². The van der Waals surface area contributed by atoms with E-state index < -0.39 is 17.2 Å². The van der Waals surface area contributed by atoms with Crippen molar-refractivity contribution in [2.45, 2.75) is 44.6 Å². The zero-order valence-electron chi connectivity index (χ0n) is 10.2. The second-order valence-electron chi connectivity index (χ2n) is 5.29. The highest BCUT2D eigenvalue weighted by molar-refractivity contribution is 5.27. The van der Waals surface area contributed by atoms with E-state index >= 15 is 0 Å². The third-order valence-corrected chi connectivity index (χ3v) is 3.89. The fourth-order valence-electron chi connectivity index (χ4n) is 2.70. The first-order chi connectivity index (χ1) is 8.03. The quantitative estimate of drug-likeness (QED) is 0.743. The second-order valence-corrected chi connectivity index (χ2v) is 5.29. The monoisotopic (exact) mass is 239 g/mol. The van der Waals surface area contributed by atoms with Gasteiger partial charge in [0.05, 0.1) is 0 Å². The molecule has 2 N–H and O–H groups in total. The average molecular weight is 239 g/mol. The Bertz CT molecular complexity index is 405. The molecule has 3 heteroatoms. The van der Waals surface area contributed by atoms with Crippen LogP contribution in [0.5, 0.6) is 0 Å². The number of hydrogen-bond acceptors (Lipinski definition) is 1. The maximum Gasteiger partial charge on any atom is 0.163 e. The zero-order valence-corrected chi connectivity index (χ0v) is 10.2. The molecular weight excluding hydrogens is 220 g/mol. The van der Waals surface area contributed by atoms with Gasteiger partial charge in [0.15, 0.2) is 11.6 Å². The molecular formula is C14H19F2N. The molecule has 1 aliphatic carbocycles. The zero-order chi connectivity index (χ0) is 12.5. The van der Waals surface area contributed by atoms with Gasteiger partial charge in [0.1, 0.15) is 0 Å². The van der Waals surface area contributed by atoms with Gasteiger partial charge in [0, 0.05) is 11.1 Å². The van der Waals surface area contributed by atoms with Gasteiger partial charge in [-0.25, -0.2) is 8.78 Å². The first-order valence-electron chi connectivity index (χ1n) is 6.26. The number of nitrogens with two attached hydrogens (primary N) is 1. The molecule has 17 heavy (non-hydrogen) atoms. The molecule has 1 saturated carbocycles. The van der Waals surface area contributed by atoms with E-state index in [1.165, 1.54) is 6.07 Å². The molecule has 0 spiro atoms. The summed E-state index contributed by atoms with van der Waals surface area (Å²) in [5, 5.41) is 0. The van der Waals surface area contributed by atoms with Crippen LogP contribution in [0, 0.1) is 17.6 Å². The summed E-state index contributed by atoms with van der Waals surface area (Å²) in [7, 11) is 0. The van der Waals surface area contributed by atoms with Gasteiger partial charge >= 0.3 is 0 Å². The van der Waals surface area contributed by atoms with E-state index in [0.717, 1.165) is 38.2 Å². The number of halogens is 2. The van der Waals surface area contributed by atoms with Crippen LogP contribution < -0.4 is 5.73 Å². The molecule has 0 amide bonds. The van der Waals surface area contributed by atoms with Crippen molar-refractivity contribution >= 4 is 0 Å². The summed E-state index contributed by atoms with van der Waals surface area (Å²) in [6.45, 7) is 2.19. The van der Waals surface area contributed by atoms with Crippen molar-refractivity contribution in [3.8, 4) is 0 Å². The fraction of sp³-hybridized carbons (Fsp3) is 0.571. The first-order valence-corrected chi connectivity index (χ1v) is 6.26. The van der Waals surface area contributed by atoms with Gasteiger partial charge in [-0.05, 0) is 31.2 Å². The molecule has 2 atom stereocenters. The summed E-state index contributed by atoms with van der Waals surface area (Å²) in [5.74, 6) is -0.953. The van der Waals surface area contributed by atoms with E-state index in [9.17, 15) is 8.78 Å². The van der Waals surface area contributed by atoms with Crippen molar-refractivity contribution in [3.05, 3.63) is 35.4 Å². The Balaban J connectivity index is 2.33. The van der Waals surface area contributed by atoms with E-state index in [1.54, 1.807) is 6.07 Å². The van der Waals surface area contributed by atoms with Crippen molar-refractivity contribution in [1.82, 2.24) is 0 Å². The molecule has 0 aromatic heterocycles. The van der Waals surface area contributed by atoms with Crippen molar-refractivity contribution in [1.29, 1.82) is 0 Å². The standard InChI is InChI=1S/C14H19F2N/c1-10-4-3-8-14(17,9-7-10)11-5-2-6-12(15)13(11)16/h2,5-6,10H,3-4,7-9,17H2,1H3. The Morgan fingerprint density at radius 1 is 1.24 bits per heavy atom. The lowest BCUT2D eigenvalue weighted by Crippen LogP contribution is -2.37. The topological polar surface area (TPSA) is 26.0 Å². The van der Waals surface area contributed by atoms with Crippen LogP contribution in [0.3, 0.4) is 0 Å². The molecule has 1 aromatic rings. The Hall–Kier alpha value is -0.960. The van der Waals surface area contributed by atoms with Gasteiger partial charge in [-0.2, -0.15) is 0 Å². The average Bonchev–Trinajstić information content (AvgIpc) is 2.46. The fourth-order valence-corrected chi connectivity index (χ4v) is 2.70. The SMILES string of the molecule is CC1CCCC(N)(c2cccc(F)c2F)CC1. The molecule has 2 rings (SSSR count). The summed E-state index contributed by atoms with van der Waals surface area (Å²) in [5.41, 5.74) is 5.95. The number of rotatable bonds is 1. The van der Waals surface area contributed by atoms with E-state index in [2.05, 4.69) is 6.92 Å². The lowest BCUT2D eigenvalue weighted by Gasteiger charge is -2.29. The van der Waals surface area contributed by atoms with Gasteiger partial charge in [0.2, 0.25) is 0 Å². The van der Waals surface area contributed by atoms with Gasteiger partial charge in [-0.1, -0.05) is 31.9 Å². The van der Waals surface area contributed by atoms with Crippen molar-refractivity contribution < 1.29 is 8.78 Å². The van der Waals surface area contributed by atoms with Crippen LogP contribution in [0.1, 0.15) is 44.6 Å². The molecule has 1 aromatic carbocycles. The second kappa shape index (κ2) is 4.73. The Labute approximate surface area is 101 Å². The lowest BCUT2D eigenvalue weighted by atomic mass is 9.83. The van der Waals surface area contributed by atoms with Crippen LogP contribution in [0.2, 0.25) is 0 Å². The van der Waals surface area contributed by atoms with Gasteiger partial charge in [0.25, 0.3) is 0 Å². The van der Waals surface area contributed by atoms with Crippen LogP contribution in [-0.4, -0.2) is 0 Å². The highest BCUT2D eigenvalue weighted by atomic mass is 19.2. The molecule has 2 unspecified atom stereocenters. The third kappa shape index (κ3) is 2.49. The molecule has 0 heterocycles. The van der Waals surface area contributed by atoms with E-state index in [4.69, 9.17) is 5.73 Å². The predicted octanol–water partition coefficient (Wildman–Crippen LogP) is 3.72. The summed E-state index contributed by atoms with van der Waals surface area (Å²) >= 11 is 0. The molecule has 1 nitrogen and oxygen atoms in total. The number of hydrogen-bond donors (Lipinski definition) is 1. The van der Waals surface area contributed by atoms with Crippen LogP contribution in [-0.2, 0) is 5.54 Å². The Kier molecular flexibility index (Phi) is 3.48. The largest absolute Gasteiger partial charge is 0.321 e. The van der Waals surface area contributed by atoms with Gasteiger partial charge in [-0.15, -0.1) is 0 Å². The van der Waals surface area contributed by atoms with E-state index in [0.29, 0.717) is 11.5 Å². The highest BCUT2D eigenvalue weighted by Gasteiger charge is 2.33. The van der Waals surface area contributed by atoms with Gasteiger partial charge in [-0.3, -0.25) is 0 Å². The van der Waals surface area contributed by atoms with Gasteiger partial charge < -0.3 is 5.73 Å². The smallest absolute Gasteiger partial charge is 0.163 e. The first kappa shape index (κ1) is 12.5. The lowest BCUT2D eigenvalue weighted by molar-refractivity contribution is 0.354. The molecule has 0 aliphatic heterocycles. The summed E-state index contributed by atoms with van der Waals surface area (Å²) < 4.78 is 27.1. The normalized spacial score (nSPS) is 30.0. The van der Waals surface area contributed by atoms with Crippen molar-refractivity contribution in [2.24, 2.45) is 11.7 Å². The predicted molar refractivity (Wildman–Crippen MR) is 64.5 cm³/mol. The Morgan fingerprint density at radius 3 is 2.76 bits per heavy atom. The van der Waals surface area contributed by atoms with E-state index in [-0.39, 0.29) is 0 Å². The van der Waals surface area contributed by atoms with Crippen molar-refractivity contribution in [2.75, 3.05) is 0 Å².